The van der Waals surface area contributed by atoms with Crippen LogP contribution in [-0.4, -0.2) is 70.8 Å². The van der Waals surface area contributed by atoms with Gasteiger partial charge in [0.15, 0.2) is 9.84 Å². The van der Waals surface area contributed by atoms with Crippen molar-refractivity contribution in [3.05, 3.63) is 89.0 Å². The van der Waals surface area contributed by atoms with Gasteiger partial charge in [0.1, 0.15) is 12.4 Å². The average Bonchev–Trinajstić information content (AvgIpc) is 3.18. The molecule has 0 aliphatic carbocycles. The van der Waals surface area contributed by atoms with E-state index in [1.165, 1.54) is 5.56 Å². The summed E-state index contributed by atoms with van der Waals surface area (Å²) in [7, 11) is 0.593. The third-order valence-electron chi connectivity index (χ3n) is 10.5. The minimum atomic E-state index is -3.44. The van der Waals surface area contributed by atoms with E-state index >= 15 is 0 Å². The van der Waals surface area contributed by atoms with Crippen molar-refractivity contribution >= 4 is 15.5 Å². The molecule has 5 rings (SSSR count). The average molecular weight is 660 g/mol. The molecule has 3 aromatic rings. The van der Waals surface area contributed by atoms with Crippen LogP contribution in [0, 0.1) is 5.41 Å². The maximum Gasteiger partial charge on any atom is 0.179 e. The fourth-order valence-electron chi connectivity index (χ4n) is 7.55. The zero-order chi connectivity index (χ0) is 33.4. The van der Waals surface area contributed by atoms with Gasteiger partial charge in [-0.15, -0.1) is 0 Å². The van der Waals surface area contributed by atoms with Crippen molar-refractivity contribution in [2.75, 3.05) is 57.5 Å². The van der Waals surface area contributed by atoms with E-state index in [-0.39, 0.29) is 17.1 Å². The Hall–Kier alpha value is -2.87. The van der Waals surface area contributed by atoms with Crippen LogP contribution in [0.5, 0.6) is 5.75 Å². The van der Waals surface area contributed by atoms with E-state index in [1.807, 2.05) is 26.2 Å². The smallest absolute Gasteiger partial charge is 0.179 e. The molecule has 2 aliphatic heterocycles. The van der Waals surface area contributed by atoms with Crippen LogP contribution in [0.4, 0.5) is 5.69 Å². The molecule has 1 atom stereocenters. The molecule has 0 bridgehead atoms. The second kappa shape index (κ2) is 16.0. The highest BCUT2D eigenvalue weighted by Gasteiger charge is 2.43. The van der Waals surface area contributed by atoms with Crippen LogP contribution in [0.2, 0.25) is 0 Å². The van der Waals surface area contributed by atoms with E-state index in [1.54, 1.807) is 0 Å². The highest BCUT2D eigenvalue weighted by molar-refractivity contribution is 7.91. The fourth-order valence-corrected chi connectivity index (χ4v) is 9.76. The molecular formula is C40H57N3O3S. The van der Waals surface area contributed by atoms with Crippen molar-refractivity contribution in [1.29, 1.82) is 0 Å². The van der Waals surface area contributed by atoms with Gasteiger partial charge >= 0.3 is 0 Å². The standard InChI is InChI=1S/C40H57N3O3S/c1-6-9-21-40(22-10-7-2)28-38(37-27-35(41(4)5)17-20-39(37)47(44,45)31-40)34-15-18-36(19-16-34)46-30-33-13-11-32(12-14-33)29-43-25-23-42(8-3)24-26-43/h11-20,27,38H,6-10,21-26,28-31H2,1-5H3/t38-/m1/s1. The lowest BCUT2D eigenvalue weighted by Gasteiger charge is -2.35. The number of sulfone groups is 1. The maximum absolute atomic E-state index is 14.1. The topological polar surface area (TPSA) is 53.1 Å². The number of likely N-dealkylation sites (N-methyl/N-ethyl adjacent to an activating group) is 1. The van der Waals surface area contributed by atoms with E-state index < -0.39 is 9.84 Å². The van der Waals surface area contributed by atoms with Crippen LogP contribution in [0.1, 0.15) is 93.9 Å². The predicted molar refractivity (Wildman–Crippen MR) is 195 cm³/mol. The van der Waals surface area contributed by atoms with Gasteiger partial charge in [-0.2, -0.15) is 0 Å². The Morgan fingerprint density at radius 1 is 0.809 bits per heavy atom. The number of rotatable bonds is 14. The van der Waals surface area contributed by atoms with Gasteiger partial charge in [-0.3, -0.25) is 4.90 Å². The van der Waals surface area contributed by atoms with Crippen molar-refractivity contribution in [2.24, 2.45) is 5.41 Å². The summed E-state index contributed by atoms with van der Waals surface area (Å²) in [6.07, 6.45) is 6.98. The zero-order valence-electron chi connectivity index (χ0n) is 29.5. The van der Waals surface area contributed by atoms with Gasteiger partial charge in [0.05, 0.1) is 10.6 Å². The first-order valence-electron chi connectivity index (χ1n) is 17.9. The zero-order valence-corrected chi connectivity index (χ0v) is 30.3. The molecule has 0 unspecified atom stereocenters. The first-order chi connectivity index (χ1) is 22.6. The second-order valence-corrected chi connectivity index (χ2v) is 16.2. The fraction of sp³-hybridized carbons (Fsp3) is 0.550. The number of hydrogen-bond donors (Lipinski definition) is 0. The van der Waals surface area contributed by atoms with Crippen LogP contribution in [0.3, 0.4) is 0 Å². The van der Waals surface area contributed by atoms with E-state index in [4.69, 9.17) is 4.74 Å². The molecule has 1 saturated heterocycles. The largest absolute Gasteiger partial charge is 0.489 e. The van der Waals surface area contributed by atoms with Gasteiger partial charge in [-0.1, -0.05) is 82.9 Å². The lowest BCUT2D eigenvalue weighted by Crippen LogP contribution is -2.45. The van der Waals surface area contributed by atoms with Gasteiger partial charge < -0.3 is 14.5 Å². The SMILES string of the molecule is CCCCC1(CCCC)C[C@H](c2ccc(OCc3ccc(CN4CCN(CC)CC4)cc3)cc2)c2cc(N(C)C)ccc2S(=O)(=O)C1. The molecule has 2 heterocycles. The number of piperazine rings is 1. The van der Waals surface area contributed by atoms with Gasteiger partial charge in [0, 0.05) is 58.4 Å². The van der Waals surface area contributed by atoms with Gasteiger partial charge in [0.2, 0.25) is 0 Å². The molecule has 47 heavy (non-hydrogen) atoms. The summed E-state index contributed by atoms with van der Waals surface area (Å²) in [5, 5.41) is 0. The third kappa shape index (κ3) is 8.98. The minimum absolute atomic E-state index is 0.00225. The van der Waals surface area contributed by atoms with Crippen LogP contribution in [-0.2, 0) is 23.0 Å². The molecule has 256 valence electrons. The van der Waals surface area contributed by atoms with E-state index in [0.717, 1.165) is 112 Å². The summed E-state index contributed by atoms with van der Waals surface area (Å²) in [4.78, 5) is 7.63. The highest BCUT2D eigenvalue weighted by Crippen LogP contribution is 2.50. The number of anilines is 1. The van der Waals surface area contributed by atoms with Crippen molar-refractivity contribution in [1.82, 2.24) is 9.80 Å². The summed E-state index contributed by atoms with van der Waals surface area (Å²) >= 11 is 0. The van der Waals surface area contributed by atoms with Crippen molar-refractivity contribution in [3.8, 4) is 5.75 Å². The Balaban J connectivity index is 1.33. The van der Waals surface area contributed by atoms with Crippen LogP contribution in [0.25, 0.3) is 0 Å². The molecule has 2 aliphatic rings. The second-order valence-electron chi connectivity index (χ2n) is 14.2. The normalized spacial score (nSPS) is 19.6. The monoisotopic (exact) mass is 659 g/mol. The molecule has 1 fully saturated rings. The minimum Gasteiger partial charge on any atom is -0.489 e. The summed E-state index contributed by atoms with van der Waals surface area (Å²) in [6, 6.07) is 23.2. The molecule has 0 amide bonds. The van der Waals surface area contributed by atoms with E-state index in [9.17, 15) is 8.42 Å². The van der Waals surface area contributed by atoms with E-state index in [2.05, 4.69) is 90.1 Å². The first-order valence-corrected chi connectivity index (χ1v) is 19.6. The van der Waals surface area contributed by atoms with Crippen molar-refractivity contribution in [3.63, 3.8) is 0 Å². The molecule has 0 aromatic heterocycles. The summed E-state index contributed by atoms with van der Waals surface area (Å²) in [5.74, 6) is 1.07. The molecule has 0 spiro atoms. The number of ether oxygens (including phenoxy) is 1. The maximum atomic E-state index is 14.1. The number of hydrogen-bond acceptors (Lipinski definition) is 6. The first kappa shape index (κ1) is 35.4. The Bertz CT molecular complexity index is 1520. The number of unbranched alkanes of at least 4 members (excludes halogenated alkanes) is 2. The molecule has 0 radical (unpaired) electrons. The van der Waals surface area contributed by atoms with Gasteiger partial charge in [-0.25, -0.2) is 8.42 Å². The lowest BCUT2D eigenvalue weighted by atomic mass is 9.70. The third-order valence-corrected chi connectivity index (χ3v) is 12.5. The predicted octanol–water partition coefficient (Wildman–Crippen LogP) is 8.15. The van der Waals surface area contributed by atoms with Crippen LogP contribution >= 0.6 is 0 Å². The molecule has 6 nitrogen and oxygen atoms in total. The van der Waals surface area contributed by atoms with Crippen LogP contribution in [0.15, 0.2) is 71.6 Å². The summed E-state index contributed by atoms with van der Waals surface area (Å²) < 4.78 is 34.4. The van der Waals surface area contributed by atoms with Gasteiger partial charge in [-0.05, 0) is 83.8 Å². The van der Waals surface area contributed by atoms with Gasteiger partial charge in [0.25, 0.3) is 0 Å². The Morgan fingerprint density at radius 3 is 2.02 bits per heavy atom. The summed E-state index contributed by atoms with van der Waals surface area (Å²) in [6.45, 7) is 13.9. The van der Waals surface area contributed by atoms with Crippen molar-refractivity contribution < 1.29 is 13.2 Å². The molecular weight excluding hydrogens is 603 g/mol. The Morgan fingerprint density at radius 2 is 1.43 bits per heavy atom. The molecule has 0 saturated carbocycles. The molecule has 0 N–H and O–H groups in total. The Kier molecular flexibility index (Phi) is 12.1. The summed E-state index contributed by atoms with van der Waals surface area (Å²) in [5.41, 5.74) is 5.39. The number of benzene rings is 3. The number of nitrogens with zero attached hydrogens (tertiary/aromatic N) is 3. The quantitative estimate of drug-likeness (QED) is 0.174. The lowest BCUT2D eigenvalue weighted by molar-refractivity contribution is 0.132. The molecule has 7 heteroatoms. The van der Waals surface area contributed by atoms with E-state index in [0.29, 0.717) is 11.5 Å². The number of fused-ring (bicyclic) bond motifs is 1. The van der Waals surface area contributed by atoms with Crippen LogP contribution < -0.4 is 9.64 Å². The Labute approximate surface area is 285 Å². The highest BCUT2D eigenvalue weighted by atomic mass is 32.2. The van der Waals surface area contributed by atoms with Crippen molar-refractivity contribution in [2.45, 2.75) is 89.7 Å². The molecule has 3 aromatic carbocycles.